The molecule has 2 N–H and O–H groups in total. The highest BCUT2D eigenvalue weighted by Crippen LogP contribution is 2.33. The third-order valence-electron chi connectivity index (χ3n) is 4.59. The molecule has 1 heterocycles. The lowest BCUT2D eigenvalue weighted by atomic mass is 10.0. The molecule has 0 aliphatic carbocycles. The maximum absolute atomic E-state index is 9.84. The fourth-order valence-corrected chi connectivity index (χ4v) is 3.01. The Kier molecular flexibility index (Phi) is 5.53. The van der Waals surface area contributed by atoms with Crippen molar-refractivity contribution in [1.29, 1.82) is 0 Å². The van der Waals surface area contributed by atoms with E-state index in [0.29, 0.717) is 6.42 Å². The second-order valence-corrected chi connectivity index (χ2v) is 6.63. The molecule has 0 aromatic heterocycles. The van der Waals surface area contributed by atoms with Gasteiger partial charge in [-0.1, -0.05) is 48.6 Å². The zero-order chi connectivity index (χ0) is 17.8. The Hall–Kier alpha value is -2.14. The number of aliphatic hydroxyl groups excluding tert-OH is 2. The summed E-state index contributed by atoms with van der Waals surface area (Å²) in [5, 5.41) is 19.0. The molecule has 4 nitrogen and oxygen atoms in total. The largest absolute Gasteiger partial charge is 0.394 e. The lowest BCUT2D eigenvalue weighted by Crippen LogP contribution is -2.24. The summed E-state index contributed by atoms with van der Waals surface area (Å²) in [6.07, 6.45) is 3.47. The molecule has 0 radical (unpaired) electrons. The molecule has 3 atom stereocenters. The van der Waals surface area contributed by atoms with Crippen molar-refractivity contribution in [1.82, 2.24) is 0 Å². The predicted octanol–water partition coefficient (Wildman–Crippen LogP) is 3.11. The van der Waals surface area contributed by atoms with Crippen LogP contribution in [0.1, 0.15) is 29.2 Å². The van der Waals surface area contributed by atoms with Gasteiger partial charge in [-0.3, -0.25) is 0 Å². The van der Waals surface area contributed by atoms with Gasteiger partial charge in [-0.15, -0.1) is 0 Å². The SMILES string of the molecule is CN(C)c1ccc(/C=C/c2ccc([C@@H]3CC(O)C(CO)O3)cc2)cc1. The number of anilines is 1. The highest BCUT2D eigenvalue weighted by Gasteiger charge is 2.33. The van der Waals surface area contributed by atoms with Crippen LogP contribution in [-0.2, 0) is 4.74 Å². The minimum Gasteiger partial charge on any atom is -0.394 e. The van der Waals surface area contributed by atoms with Crippen molar-refractivity contribution >= 4 is 17.8 Å². The van der Waals surface area contributed by atoms with Crippen LogP contribution in [0.25, 0.3) is 12.2 Å². The van der Waals surface area contributed by atoms with Crippen molar-refractivity contribution in [2.45, 2.75) is 24.7 Å². The van der Waals surface area contributed by atoms with Crippen LogP contribution in [0.2, 0.25) is 0 Å². The molecule has 2 unspecified atom stereocenters. The van der Waals surface area contributed by atoms with Crippen molar-refractivity contribution in [2.24, 2.45) is 0 Å². The van der Waals surface area contributed by atoms with E-state index in [-0.39, 0.29) is 12.7 Å². The fourth-order valence-electron chi connectivity index (χ4n) is 3.01. The van der Waals surface area contributed by atoms with Gasteiger partial charge >= 0.3 is 0 Å². The molecule has 132 valence electrons. The van der Waals surface area contributed by atoms with Gasteiger partial charge in [0.25, 0.3) is 0 Å². The average Bonchev–Trinajstić information content (AvgIpc) is 3.01. The highest BCUT2D eigenvalue weighted by molar-refractivity contribution is 5.70. The van der Waals surface area contributed by atoms with E-state index in [1.54, 1.807) is 0 Å². The zero-order valence-corrected chi connectivity index (χ0v) is 14.7. The van der Waals surface area contributed by atoms with E-state index in [1.807, 2.05) is 38.4 Å². The number of aliphatic hydroxyl groups is 2. The Bertz CT molecular complexity index is 707. The minimum absolute atomic E-state index is 0.148. The lowest BCUT2D eigenvalue weighted by Gasteiger charge is -2.12. The number of benzene rings is 2. The van der Waals surface area contributed by atoms with Gasteiger partial charge in [-0.05, 0) is 28.8 Å². The van der Waals surface area contributed by atoms with Gasteiger partial charge in [0.1, 0.15) is 6.10 Å². The van der Waals surface area contributed by atoms with Crippen LogP contribution in [0.5, 0.6) is 0 Å². The molecule has 0 bridgehead atoms. The van der Waals surface area contributed by atoms with Crippen LogP contribution >= 0.6 is 0 Å². The van der Waals surface area contributed by atoms with Crippen molar-refractivity contribution in [3.63, 3.8) is 0 Å². The summed E-state index contributed by atoms with van der Waals surface area (Å²) < 4.78 is 5.69. The molecule has 1 aliphatic heterocycles. The van der Waals surface area contributed by atoms with Crippen LogP contribution in [-0.4, -0.2) is 43.1 Å². The molecule has 1 fully saturated rings. The van der Waals surface area contributed by atoms with Gasteiger partial charge < -0.3 is 19.8 Å². The fraction of sp³-hybridized carbons (Fsp3) is 0.333. The summed E-state index contributed by atoms with van der Waals surface area (Å²) in [4.78, 5) is 2.08. The Morgan fingerprint density at radius 2 is 1.56 bits per heavy atom. The predicted molar refractivity (Wildman–Crippen MR) is 101 cm³/mol. The van der Waals surface area contributed by atoms with Gasteiger partial charge in [0.2, 0.25) is 0 Å². The summed E-state index contributed by atoms with van der Waals surface area (Å²) in [7, 11) is 4.06. The molecule has 2 aromatic carbocycles. The van der Waals surface area contributed by atoms with Crippen LogP contribution < -0.4 is 4.90 Å². The molecule has 1 aliphatic rings. The Morgan fingerprint density at radius 3 is 2.04 bits per heavy atom. The van der Waals surface area contributed by atoms with Gasteiger partial charge in [-0.25, -0.2) is 0 Å². The van der Waals surface area contributed by atoms with Crippen molar-refractivity contribution in [3.8, 4) is 0 Å². The van der Waals surface area contributed by atoms with Crippen molar-refractivity contribution in [3.05, 3.63) is 65.2 Å². The minimum atomic E-state index is -0.597. The molecule has 2 aromatic rings. The van der Waals surface area contributed by atoms with Gasteiger partial charge in [0.15, 0.2) is 0 Å². The van der Waals surface area contributed by atoms with E-state index in [2.05, 4.69) is 41.3 Å². The Labute approximate surface area is 149 Å². The van der Waals surface area contributed by atoms with Crippen LogP contribution in [0.4, 0.5) is 5.69 Å². The molecule has 25 heavy (non-hydrogen) atoms. The third-order valence-corrected chi connectivity index (χ3v) is 4.59. The van der Waals surface area contributed by atoms with Gasteiger partial charge in [0.05, 0.1) is 18.8 Å². The van der Waals surface area contributed by atoms with Crippen LogP contribution in [0.15, 0.2) is 48.5 Å². The number of nitrogens with zero attached hydrogens (tertiary/aromatic N) is 1. The van der Waals surface area contributed by atoms with Crippen LogP contribution in [0.3, 0.4) is 0 Å². The topological polar surface area (TPSA) is 52.9 Å². The quantitative estimate of drug-likeness (QED) is 0.822. The molecule has 0 amide bonds. The second kappa shape index (κ2) is 7.83. The van der Waals surface area contributed by atoms with E-state index in [1.165, 1.54) is 5.69 Å². The Balaban J connectivity index is 1.64. The monoisotopic (exact) mass is 339 g/mol. The standard InChI is InChI=1S/C21H25NO3/c1-22(2)18-11-7-16(8-12-18)4-3-15-5-9-17(10-6-15)20-13-19(24)21(14-23)25-20/h3-12,19-21,23-24H,13-14H2,1-2H3/b4-3+/t19?,20-,21?/m0/s1. The first-order valence-electron chi connectivity index (χ1n) is 8.56. The average molecular weight is 339 g/mol. The summed E-state index contributed by atoms with van der Waals surface area (Å²) in [5.41, 5.74) is 4.48. The van der Waals surface area contributed by atoms with Gasteiger partial charge in [-0.2, -0.15) is 0 Å². The zero-order valence-electron chi connectivity index (χ0n) is 14.7. The number of hydrogen-bond donors (Lipinski definition) is 2. The molecular weight excluding hydrogens is 314 g/mol. The molecule has 0 spiro atoms. The highest BCUT2D eigenvalue weighted by atomic mass is 16.5. The van der Waals surface area contributed by atoms with E-state index in [0.717, 1.165) is 16.7 Å². The van der Waals surface area contributed by atoms with E-state index in [4.69, 9.17) is 4.74 Å². The van der Waals surface area contributed by atoms with Crippen molar-refractivity contribution in [2.75, 3.05) is 25.6 Å². The number of ether oxygens (including phenoxy) is 1. The summed E-state index contributed by atoms with van der Waals surface area (Å²) >= 11 is 0. The van der Waals surface area contributed by atoms with Crippen LogP contribution in [0, 0.1) is 0 Å². The third kappa shape index (κ3) is 4.28. The van der Waals surface area contributed by atoms with Gasteiger partial charge in [0, 0.05) is 26.2 Å². The summed E-state index contributed by atoms with van der Waals surface area (Å²) in [6.45, 7) is -0.148. The lowest BCUT2D eigenvalue weighted by molar-refractivity contribution is -0.0225. The maximum atomic E-state index is 9.84. The second-order valence-electron chi connectivity index (χ2n) is 6.63. The summed E-state index contributed by atoms with van der Waals surface area (Å²) in [6, 6.07) is 16.5. The maximum Gasteiger partial charge on any atom is 0.107 e. The normalized spacial score (nSPS) is 23.3. The molecule has 3 rings (SSSR count). The number of rotatable bonds is 5. The summed E-state index contributed by atoms with van der Waals surface area (Å²) in [5.74, 6) is 0. The molecule has 0 saturated carbocycles. The first-order chi connectivity index (χ1) is 12.1. The first kappa shape index (κ1) is 17.7. The van der Waals surface area contributed by atoms with E-state index in [9.17, 15) is 10.2 Å². The number of hydrogen-bond acceptors (Lipinski definition) is 4. The Morgan fingerprint density at radius 1 is 1.00 bits per heavy atom. The van der Waals surface area contributed by atoms with E-state index < -0.39 is 12.2 Å². The molecule has 1 saturated heterocycles. The molecule has 4 heteroatoms. The van der Waals surface area contributed by atoms with Crippen molar-refractivity contribution < 1.29 is 14.9 Å². The molecular formula is C21H25NO3. The smallest absolute Gasteiger partial charge is 0.107 e. The first-order valence-corrected chi connectivity index (χ1v) is 8.56. The van der Waals surface area contributed by atoms with E-state index >= 15 is 0 Å².